The monoisotopic (exact) mass is 116 g/mol. The van der Waals surface area contributed by atoms with Crippen LogP contribution < -0.4 is 5.84 Å². The van der Waals surface area contributed by atoms with Gasteiger partial charge in [0.1, 0.15) is 0 Å². The summed E-state index contributed by atoms with van der Waals surface area (Å²) < 4.78 is 0. The van der Waals surface area contributed by atoms with E-state index in [-0.39, 0.29) is 0 Å². The van der Waals surface area contributed by atoms with Gasteiger partial charge in [0, 0.05) is 13.6 Å². The Morgan fingerprint density at radius 1 is 1.62 bits per heavy atom. The summed E-state index contributed by atoms with van der Waals surface area (Å²) in [5, 5.41) is 1.73. The lowest BCUT2D eigenvalue weighted by atomic mass is 10.1. The highest BCUT2D eigenvalue weighted by atomic mass is 15.4. The third-order valence-corrected chi connectivity index (χ3v) is 1.30. The molecule has 1 unspecified atom stereocenters. The van der Waals surface area contributed by atoms with Gasteiger partial charge in [0.25, 0.3) is 0 Å². The molecule has 0 aliphatic rings. The summed E-state index contributed by atoms with van der Waals surface area (Å²) in [5.41, 5.74) is 0. The van der Waals surface area contributed by atoms with Crippen molar-refractivity contribution in [3.05, 3.63) is 0 Å². The van der Waals surface area contributed by atoms with Crippen LogP contribution >= 0.6 is 0 Å². The molecule has 0 rings (SSSR count). The first-order chi connectivity index (χ1) is 3.66. The molecule has 0 saturated carbocycles. The van der Waals surface area contributed by atoms with Crippen LogP contribution in [0.4, 0.5) is 0 Å². The van der Waals surface area contributed by atoms with Crippen molar-refractivity contribution in [3.63, 3.8) is 0 Å². The fraction of sp³-hybridized carbons (Fsp3) is 1.00. The minimum Gasteiger partial charge on any atom is -0.269 e. The van der Waals surface area contributed by atoms with Crippen LogP contribution in [0.2, 0.25) is 0 Å². The first-order valence-electron chi connectivity index (χ1n) is 3.12. The van der Waals surface area contributed by atoms with Crippen molar-refractivity contribution >= 4 is 0 Å². The Balaban J connectivity index is 3.10. The summed E-state index contributed by atoms with van der Waals surface area (Å²) >= 11 is 0. The molecule has 0 fully saturated rings. The molecule has 0 amide bonds. The molecule has 50 valence electrons. The summed E-state index contributed by atoms with van der Waals surface area (Å²) in [6, 6.07) is 0. The lowest BCUT2D eigenvalue weighted by Gasteiger charge is -2.13. The van der Waals surface area contributed by atoms with Gasteiger partial charge < -0.3 is 0 Å². The predicted molar refractivity (Wildman–Crippen MR) is 36.3 cm³/mol. The van der Waals surface area contributed by atoms with E-state index in [1.54, 1.807) is 5.01 Å². The van der Waals surface area contributed by atoms with Crippen molar-refractivity contribution in [1.82, 2.24) is 5.01 Å². The molecular formula is C6H16N2. The molecule has 0 bridgehead atoms. The van der Waals surface area contributed by atoms with Crippen molar-refractivity contribution < 1.29 is 0 Å². The van der Waals surface area contributed by atoms with Gasteiger partial charge in [0.05, 0.1) is 0 Å². The van der Waals surface area contributed by atoms with Crippen LogP contribution in [-0.2, 0) is 0 Å². The number of hydrogen-bond acceptors (Lipinski definition) is 2. The van der Waals surface area contributed by atoms with E-state index in [1.807, 2.05) is 7.05 Å². The second-order valence-corrected chi connectivity index (χ2v) is 2.45. The van der Waals surface area contributed by atoms with Crippen molar-refractivity contribution in [3.8, 4) is 0 Å². The van der Waals surface area contributed by atoms with Crippen LogP contribution in [0.3, 0.4) is 0 Å². The van der Waals surface area contributed by atoms with Gasteiger partial charge in [-0.05, 0) is 5.92 Å². The summed E-state index contributed by atoms with van der Waals surface area (Å²) in [6.07, 6.45) is 1.21. The summed E-state index contributed by atoms with van der Waals surface area (Å²) in [4.78, 5) is 0. The van der Waals surface area contributed by atoms with E-state index in [1.165, 1.54) is 6.42 Å². The highest BCUT2D eigenvalue weighted by molar-refractivity contribution is 4.50. The number of hydrogen-bond donors (Lipinski definition) is 1. The molecule has 2 heteroatoms. The summed E-state index contributed by atoms with van der Waals surface area (Å²) in [7, 11) is 1.90. The van der Waals surface area contributed by atoms with Gasteiger partial charge in [-0.1, -0.05) is 20.3 Å². The van der Waals surface area contributed by atoms with Gasteiger partial charge in [0.15, 0.2) is 0 Å². The molecule has 0 saturated heterocycles. The Morgan fingerprint density at radius 3 is 2.25 bits per heavy atom. The molecule has 0 spiro atoms. The molecule has 0 radical (unpaired) electrons. The van der Waals surface area contributed by atoms with Crippen LogP contribution in [0, 0.1) is 5.92 Å². The third kappa shape index (κ3) is 4.09. The van der Waals surface area contributed by atoms with Gasteiger partial charge in [-0.15, -0.1) is 0 Å². The second-order valence-electron chi connectivity index (χ2n) is 2.45. The summed E-state index contributed by atoms with van der Waals surface area (Å²) in [5.74, 6) is 6.13. The molecule has 0 aliphatic heterocycles. The molecule has 8 heavy (non-hydrogen) atoms. The van der Waals surface area contributed by atoms with Crippen LogP contribution in [0.15, 0.2) is 0 Å². The number of nitrogens with zero attached hydrogens (tertiary/aromatic N) is 1. The van der Waals surface area contributed by atoms with E-state index in [0.29, 0.717) is 0 Å². The molecule has 0 aromatic carbocycles. The van der Waals surface area contributed by atoms with Crippen molar-refractivity contribution in [2.75, 3.05) is 13.6 Å². The Labute approximate surface area is 51.6 Å². The third-order valence-electron chi connectivity index (χ3n) is 1.30. The maximum atomic E-state index is 5.40. The van der Waals surface area contributed by atoms with E-state index in [0.717, 1.165) is 12.5 Å². The van der Waals surface area contributed by atoms with Crippen LogP contribution in [-0.4, -0.2) is 18.6 Å². The molecule has 0 aromatic rings. The van der Waals surface area contributed by atoms with E-state index in [2.05, 4.69) is 13.8 Å². The highest BCUT2D eigenvalue weighted by Crippen LogP contribution is 1.98. The minimum atomic E-state index is 0.727. The van der Waals surface area contributed by atoms with E-state index >= 15 is 0 Å². The van der Waals surface area contributed by atoms with Crippen LogP contribution in [0.25, 0.3) is 0 Å². The molecular weight excluding hydrogens is 100 g/mol. The standard InChI is InChI=1S/C6H16N2/c1-4-6(2)5-8(3)7/h6H,4-5,7H2,1-3H3. The molecule has 2 N–H and O–H groups in total. The van der Waals surface area contributed by atoms with Gasteiger partial charge in [-0.2, -0.15) is 0 Å². The second kappa shape index (κ2) is 3.87. The normalized spacial score (nSPS) is 14.6. The van der Waals surface area contributed by atoms with Gasteiger partial charge in [-0.3, -0.25) is 5.84 Å². The largest absolute Gasteiger partial charge is 0.269 e. The molecule has 1 atom stereocenters. The average molecular weight is 116 g/mol. The predicted octanol–water partition coefficient (Wildman–Crippen LogP) is 0.838. The molecule has 0 heterocycles. The SMILES string of the molecule is CCC(C)CN(C)N. The number of hydrazine groups is 1. The molecule has 2 nitrogen and oxygen atoms in total. The maximum Gasteiger partial charge on any atom is 0.0151 e. The van der Waals surface area contributed by atoms with Crippen molar-refractivity contribution in [2.45, 2.75) is 20.3 Å². The van der Waals surface area contributed by atoms with E-state index in [9.17, 15) is 0 Å². The van der Waals surface area contributed by atoms with Crippen LogP contribution in [0.1, 0.15) is 20.3 Å². The Morgan fingerprint density at radius 2 is 2.12 bits per heavy atom. The summed E-state index contributed by atoms with van der Waals surface area (Å²) in [6.45, 7) is 5.37. The Hall–Kier alpha value is -0.0800. The molecule has 0 aromatic heterocycles. The Bertz CT molecular complexity index is 52.5. The zero-order valence-electron chi connectivity index (χ0n) is 6.02. The maximum absolute atomic E-state index is 5.40. The van der Waals surface area contributed by atoms with Crippen molar-refractivity contribution in [2.24, 2.45) is 11.8 Å². The average Bonchev–Trinajstić information content (AvgIpc) is 1.65. The first kappa shape index (κ1) is 7.92. The van der Waals surface area contributed by atoms with Gasteiger partial charge >= 0.3 is 0 Å². The van der Waals surface area contributed by atoms with E-state index in [4.69, 9.17) is 5.84 Å². The lowest BCUT2D eigenvalue weighted by molar-refractivity contribution is 0.291. The Kier molecular flexibility index (Phi) is 3.83. The van der Waals surface area contributed by atoms with Crippen molar-refractivity contribution in [1.29, 1.82) is 0 Å². The number of nitrogens with two attached hydrogens (primary N) is 1. The van der Waals surface area contributed by atoms with Gasteiger partial charge in [-0.25, -0.2) is 5.01 Å². The number of rotatable bonds is 3. The smallest absolute Gasteiger partial charge is 0.0151 e. The zero-order valence-corrected chi connectivity index (χ0v) is 6.02. The zero-order chi connectivity index (χ0) is 6.57. The van der Waals surface area contributed by atoms with E-state index < -0.39 is 0 Å². The fourth-order valence-corrected chi connectivity index (χ4v) is 0.621. The quantitative estimate of drug-likeness (QED) is 0.437. The van der Waals surface area contributed by atoms with Crippen LogP contribution in [0.5, 0.6) is 0 Å². The highest BCUT2D eigenvalue weighted by Gasteiger charge is 1.97. The topological polar surface area (TPSA) is 29.3 Å². The fourth-order valence-electron chi connectivity index (χ4n) is 0.621. The first-order valence-corrected chi connectivity index (χ1v) is 3.12. The van der Waals surface area contributed by atoms with Gasteiger partial charge in [0.2, 0.25) is 0 Å². The minimum absolute atomic E-state index is 0.727. The lowest BCUT2D eigenvalue weighted by Crippen LogP contribution is -2.30. The molecule has 0 aliphatic carbocycles.